The third-order valence-electron chi connectivity index (χ3n) is 8.60. The first-order valence-corrected chi connectivity index (χ1v) is 15.4. The molecular formula is C35H44N4O6. The van der Waals surface area contributed by atoms with E-state index in [0.29, 0.717) is 12.0 Å². The molecule has 0 bridgehead atoms. The molecule has 10 nitrogen and oxygen atoms in total. The number of cyclic esters (lactones) is 1. The molecule has 0 unspecified atom stereocenters. The van der Waals surface area contributed by atoms with Crippen molar-refractivity contribution >= 4 is 34.6 Å². The fraction of sp³-hybridized carbons (Fsp3) is 0.429. The molecular weight excluding hydrogens is 572 g/mol. The topological polar surface area (TPSA) is 141 Å². The summed E-state index contributed by atoms with van der Waals surface area (Å²) in [5.74, 6) is -2.15. The van der Waals surface area contributed by atoms with Crippen LogP contribution in [0.15, 0.2) is 66.4 Å². The summed E-state index contributed by atoms with van der Waals surface area (Å²) in [6.45, 7) is 9.10. The number of ether oxygens (including phenoxy) is 1. The zero-order valence-corrected chi connectivity index (χ0v) is 26.8. The fourth-order valence-electron chi connectivity index (χ4n) is 5.77. The highest BCUT2D eigenvalue weighted by Crippen LogP contribution is 2.25. The molecule has 0 radical (unpaired) electrons. The van der Waals surface area contributed by atoms with Crippen molar-refractivity contribution < 1.29 is 29.0 Å². The van der Waals surface area contributed by atoms with E-state index in [1.807, 2.05) is 57.3 Å². The number of benzene rings is 2. The van der Waals surface area contributed by atoms with E-state index in [0.717, 1.165) is 22.0 Å². The Hall–Kier alpha value is -4.60. The number of H-pyrrole nitrogens is 1. The average molecular weight is 617 g/mol. The Morgan fingerprint density at radius 1 is 0.911 bits per heavy atom. The molecule has 3 amide bonds. The number of carbonyl (C=O) groups excluding carboxylic acids is 4. The van der Waals surface area contributed by atoms with Gasteiger partial charge in [0.1, 0.15) is 23.9 Å². The van der Waals surface area contributed by atoms with E-state index in [4.69, 9.17) is 4.74 Å². The van der Waals surface area contributed by atoms with Crippen molar-refractivity contribution in [2.75, 3.05) is 7.05 Å². The van der Waals surface area contributed by atoms with Crippen LogP contribution in [0.25, 0.3) is 10.9 Å². The molecule has 240 valence electrons. The van der Waals surface area contributed by atoms with Gasteiger partial charge in [0.15, 0.2) is 0 Å². The molecule has 45 heavy (non-hydrogen) atoms. The van der Waals surface area contributed by atoms with E-state index in [2.05, 4.69) is 15.6 Å². The quantitative estimate of drug-likeness (QED) is 0.251. The van der Waals surface area contributed by atoms with Gasteiger partial charge < -0.3 is 30.4 Å². The van der Waals surface area contributed by atoms with Crippen molar-refractivity contribution in [3.8, 4) is 5.75 Å². The first kappa shape index (κ1) is 33.3. The maximum atomic E-state index is 14.1. The van der Waals surface area contributed by atoms with Crippen LogP contribution < -0.4 is 10.6 Å². The van der Waals surface area contributed by atoms with Crippen LogP contribution in [0, 0.1) is 11.8 Å². The van der Waals surface area contributed by atoms with Gasteiger partial charge in [0, 0.05) is 42.4 Å². The van der Waals surface area contributed by atoms with E-state index in [9.17, 15) is 24.3 Å². The minimum Gasteiger partial charge on any atom is -0.508 e. The molecule has 1 aromatic heterocycles. The lowest BCUT2D eigenvalue weighted by Gasteiger charge is -2.32. The van der Waals surface area contributed by atoms with Crippen molar-refractivity contribution in [1.29, 1.82) is 0 Å². The number of aromatic nitrogens is 1. The summed E-state index contributed by atoms with van der Waals surface area (Å²) in [6.07, 6.45) is 3.86. The van der Waals surface area contributed by atoms with Gasteiger partial charge in [-0.1, -0.05) is 55.8 Å². The summed E-state index contributed by atoms with van der Waals surface area (Å²) in [5.41, 5.74) is 3.30. The van der Waals surface area contributed by atoms with Crippen molar-refractivity contribution in [2.24, 2.45) is 11.8 Å². The number of hydrogen-bond donors (Lipinski definition) is 4. The molecule has 0 saturated heterocycles. The molecule has 6 atom stereocenters. The van der Waals surface area contributed by atoms with Crippen LogP contribution >= 0.6 is 0 Å². The molecule has 0 fully saturated rings. The first-order valence-electron chi connectivity index (χ1n) is 15.4. The van der Waals surface area contributed by atoms with Crippen molar-refractivity contribution in [3.63, 3.8) is 0 Å². The number of hydrogen-bond acceptors (Lipinski definition) is 6. The lowest BCUT2D eigenvalue weighted by Crippen LogP contribution is -2.55. The van der Waals surface area contributed by atoms with E-state index >= 15 is 0 Å². The minimum atomic E-state index is -0.980. The van der Waals surface area contributed by atoms with Gasteiger partial charge in [0.05, 0.1) is 12.5 Å². The lowest BCUT2D eigenvalue weighted by molar-refractivity contribution is -0.150. The van der Waals surface area contributed by atoms with Crippen molar-refractivity contribution in [1.82, 2.24) is 20.5 Å². The molecule has 10 heteroatoms. The molecule has 0 spiro atoms. The highest BCUT2D eigenvalue weighted by atomic mass is 16.5. The Morgan fingerprint density at radius 3 is 2.31 bits per heavy atom. The van der Waals surface area contributed by atoms with Gasteiger partial charge >= 0.3 is 5.97 Å². The number of phenolic OH excluding ortho intramolecular Hbond substituents is 1. The molecule has 0 saturated carbocycles. The van der Waals surface area contributed by atoms with E-state index < -0.39 is 47.9 Å². The number of nitrogens with one attached hydrogen (secondary N) is 3. The van der Waals surface area contributed by atoms with Crippen LogP contribution in [0.4, 0.5) is 0 Å². The number of aromatic amines is 1. The standard InChI is InChI=1S/C35H44N4O6/c1-20-15-21(2)24(5)45-32(41)18-30(25-11-13-27(40)14-12-25)38-34(43)31(17-26-19-36-29-10-8-7-9-28(26)29)39(6)35(44)23(4)37-33(42)22(3)16-20/h7-15,19,21-24,30-31,36,40H,16-18H2,1-6H3,(H,37,42)(H,38,43)/b20-15+/t21-,22+,23-,24-,30+,31+/m0/s1. The van der Waals surface area contributed by atoms with Crippen LogP contribution in [0.1, 0.15) is 64.6 Å². The Labute approximate surface area is 264 Å². The number of fused-ring (bicyclic) bond motifs is 1. The Bertz CT molecular complexity index is 1560. The first-order chi connectivity index (χ1) is 21.3. The molecule has 4 rings (SSSR count). The van der Waals surface area contributed by atoms with E-state index in [1.165, 1.54) is 17.0 Å². The van der Waals surface area contributed by atoms with Crippen LogP contribution in [-0.4, -0.2) is 63.9 Å². The molecule has 2 aromatic carbocycles. The average Bonchev–Trinajstić information content (AvgIpc) is 3.41. The third kappa shape index (κ3) is 8.32. The van der Waals surface area contributed by atoms with Crippen molar-refractivity contribution in [2.45, 2.75) is 78.1 Å². The SMILES string of the molecule is C/C1=C\[C@H](C)[C@H](C)OC(=O)C[C@H](c2ccc(O)cc2)NC(=O)[C@@H](Cc2c[nH]c3ccccc23)N(C)C(=O)[C@H](C)NC(=O)[C@H](C)C1. The highest BCUT2D eigenvalue weighted by Gasteiger charge is 2.34. The predicted molar refractivity (Wildman–Crippen MR) is 172 cm³/mol. The molecule has 2 heterocycles. The highest BCUT2D eigenvalue weighted by molar-refractivity contribution is 5.93. The summed E-state index contributed by atoms with van der Waals surface area (Å²) < 4.78 is 5.80. The second-order valence-electron chi connectivity index (χ2n) is 12.3. The predicted octanol–water partition coefficient (Wildman–Crippen LogP) is 4.55. The number of aromatic hydroxyl groups is 1. The van der Waals surface area contributed by atoms with Crippen LogP contribution in [0.2, 0.25) is 0 Å². The number of phenols is 1. The van der Waals surface area contributed by atoms with Gasteiger partial charge in [-0.05, 0) is 56.5 Å². The largest absolute Gasteiger partial charge is 0.508 e. The number of allylic oxidation sites excluding steroid dienone is 1. The summed E-state index contributed by atoms with van der Waals surface area (Å²) in [5, 5.41) is 16.6. The summed E-state index contributed by atoms with van der Waals surface area (Å²) in [6, 6.07) is 11.3. The van der Waals surface area contributed by atoms with Gasteiger partial charge in [-0.2, -0.15) is 0 Å². The number of nitrogens with zero attached hydrogens (tertiary/aromatic N) is 1. The van der Waals surface area contributed by atoms with Crippen molar-refractivity contribution in [3.05, 3.63) is 77.5 Å². The maximum Gasteiger partial charge on any atom is 0.308 e. The van der Waals surface area contributed by atoms with Gasteiger partial charge in [-0.15, -0.1) is 0 Å². The monoisotopic (exact) mass is 616 g/mol. The molecule has 4 N–H and O–H groups in total. The molecule has 1 aliphatic heterocycles. The lowest BCUT2D eigenvalue weighted by atomic mass is 9.96. The van der Waals surface area contributed by atoms with E-state index in [-0.39, 0.29) is 30.4 Å². The molecule has 0 aliphatic carbocycles. The number of amides is 3. The number of para-hydroxylation sites is 1. The van der Waals surface area contributed by atoms with Gasteiger partial charge in [0.25, 0.3) is 0 Å². The summed E-state index contributed by atoms with van der Waals surface area (Å²) in [7, 11) is 1.55. The van der Waals surface area contributed by atoms with Crippen LogP contribution in [-0.2, 0) is 30.3 Å². The zero-order valence-electron chi connectivity index (χ0n) is 26.8. The number of esters is 1. The van der Waals surface area contributed by atoms with E-state index in [1.54, 1.807) is 33.0 Å². The Kier molecular flexibility index (Phi) is 10.7. The third-order valence-corrected chi connectivity index (χ3v) is 8.60. The number of rotatable bonds is 3. The zero-order chi connectivity index (χ0) is 32.8. The smallest absolute Gasteiger partial charge is 0.308 e. The fourth-order valence-corrected chi connectivity index (χ4v) is 5.77. The Morgan fingerprint density at radius 2 is 1.60 bits per heavy atom. The Balaban J connectivity index is 1.73. The van der Waals surface area contributed by atoms with Gasteiger partial charge in [-0.25, -0.2) is 0 Å². The second-order valence-corrected chi connectivity index (χ2v) is 12.3. The normalized spacial score (nSPS) is 27.5. The minimum absolute atomic E-state index is 0.0466. The molecule has 1 aliphatic rings. The number of carbonyl (C=O) groups is 4. The second kappa shape index (κ2) is 14.5. The van der Waals surface area contributed by atoms with Gasteiger partial charge in [-0.3, -0.25) is 19.2 Å². The maximum absolute atomic E-state index is 14.1. The van der Waals surface area contributed by atoms with Gasteiger partial charge in [0.2, 0.25) is 17.7 Å². The molecule has 3 aromatic rings. The number of likely N-dealkylation sites (N-methyl/N-ethyl adjacent to an activating group) is 1. The van der Waals surface area contributed by atoms with Crippen LogP contribution in [0.3, 0.4) is 0 Å². The summed E-state index contributed by atoms with van der Waals surface area (Å²) in [4.78, 5) is 58.8. The summed E-state index contributed by atoms with van der Waals surface area (Å²) >= 11 is 0. The van der Waals surface area contributed by atoms with Crippen LogP contribution in [0.5, 0.6) is 5.75 Å².